The zero-order chi connectivity index (χ0) is 22.3. The van der Waals surface area contributed by atoms with Crippen molar-refractivity contribution in [2.24, 2.45) is 0 Å². The average Bonchev–Trinajstić information content (AvgIpc) is 3.07. The van der Waals surface area contributed by atoms with Crippen LogP contribution in [0.3, 0.4) is 0 Å². The molecule has 1 aromatic heterocycles. The second kappa shape index (κ2) is 10.8. The van der Waals surface area contributed by atoms with Crippen LogP contribution in [-0.4, -0.2) is 47.5 Å². The number of esters is 1. The van der Waals surface area contributed by atoms with E-state index in [-0.39, 0.29) is 43.5 Å². The lowest BCUT2D eigenvalue weighted by molar-refractivity contribution is -0.0514. The van der Waals surface area contributed by atoms with E-state index in [1.165, 1.54) is 6.07 Å². The van der Waals surface area contributed by atoms with Gasteiger partial charge in [0.1, 0.15) is 11.3 Å². The molecule has 0 aliphatic carbocycles. The standard InChI is InChI=1S/C19H23F4N3O4/c1-4-28-15-8-12(6-7-14(15)30-19(22)23)10-25(3)11-26-16(17(20)21)13(9-24-26)18(27)29-5-2/h6-9,17,19H,4-5,10-11H2,1-3H3. The van der Waals surface area contributed by atoms with Gasteiger partial charge >= 0.3 is 12.6 Å². The largest absolute Gasteiger partial charge is 0.490 e. The summed E-state index contributed by atoms with van der Waals surface area (Å²) in [6.45, 7) is 0.826. The molecule has 0 fully saturated rings. The fraction of sp³-hybridized carbons (Fsp3) is 0.474. The number of aromatic nitrogens is 2. The van der Waals surface area contributed by atoms with E-state index in [2.05, 4.69) is 9.84 Å². The van der Waals surface area contributed by atoms with Gasteiger partial charge in [-0.2, -0.15) is 13.9 Å². The summed E-state index contributed by atoms with van der Waals surface area (Å²) >= 11 is 0. The summed E-state index contributed by atoms with van der Waals surface area (Å²) in [7, 11) is 1.66. The van der Waals surface area contributed by atoms with E-state index in [0.29, 0.717) is 5.56 Å². The Morgan fingerprint density at radius 3 is 2.50 bits per heavy atom. The second-order valence-corrected chi connectivity index (χ2v) is 6.21. The third kappa shape index (κ3) is 6.09. The van der Waals surface area contributed by atoms with E-state index in [1.807, 2.05) is 0 Å². The highest BCUT2D eigenvalue weighted by atomic mass is 19.3. The number of rotatable bonds is 11. The van der Waals surface area contributed by atoms with E-state index in [0.717, 1.165) is 10.9 Å². The highest BCUT2D eigenvalue weighted by molar-refractivity contribution is 5.90. The molecule has 166 valence electrons. The maximum Gasteiger partial charge on any atom is 0.387 e. The SMILES string of the molecule is CCOC(=O)c1cnn(CN(C)Cc2ccc(OC(F)F)c(OCC)c2)c1C(F)F. The highest BCUT2D eigenvalue weighted by Gasteiger charge is 2.26. The minimum absolute atomic E-state index is 0.0433. The third-order valence-corrected chi connectivity index (χ3v) is 3.93. The van der Waals surface area contributed by atoms with Gasteiger partial charge in [-0.15, -0.1) is 0 Å². The highest BCUT2D eigenvalue weighted by Crippen LogP contribution is 2.30. The number of benzene rings is 1. The molecule has 0 aliphatic rings. The van der Waals surface area contributed by atoms with E-state index in [4.69, 9.17) is 9.47 Å². The van der Waals surface area contributed by atoms with Crippen LogP contribution in [0.15, 0.2) is 24.4 Å². The zero-order valence-corrected chi connectivity index (χ0v) is 16.8. The van der Waals surface area contributed by atoms with Gasteiger partial charge in [0, 0.05) is 6.54 Å². The summed E-state index contributed by atoms with van der Waals surface area (Å²) in [5.74, 6) is -0.803. The average molecular weight is 433 g/mol. The Kier molecular flexibility index (Phi) is 8.46. The Labute approximate surface area is 171 Å². The van der Waals surface area contributed by atoms with Crippen LogP contribution in [0.1, 0.15) is 41.9 Å². The lowest BCUT2D eigenvalue weighted by Crippen LogP contribution is -2.24. The molecule has 0 N–H and O–H groups in total. The Balaban J connectivity index is 2.16. The van der Waals surface area contributed by atoms with Gasteiger partial charge in [0.2, 0.25) is 0 Å². The fourth-order valence-electron chi connectivity index (χ4n) is 2.81. The van der Waals surface area contributed by atoms with Crippen LogP contribution < -0.4 is 9.47 Å². The molecule has 0 radical (unpaired) electrons. The van der Waals surface area contributed by atoms with Crippen molar-refractivity contribution in [2.45, 2.75) is 40.1 Å². The van der Waals surface area contributed by atoms with Crippen molar-refractivity contribution in [3.63, 3.8) is 0 Å². The summed E-state index contributed by atoms with van der Waals surface area (Å²) in [6.07, 6.45) is -1.87. The van der Waals surface area contributed by atoms with E-state index < -0.39 is 24.7 Å². The van der Waals surface area contributed by atoms with Crippen molar-refractivity contribution < 1.29 is 36.6 Å². The van der Waals surface area contributed by atoms with Gasteiger partial charge in [-0.05, 0) is 38.6 Å². The van der Waals surface area contributed by atoms with Gasteiger partial charge in [-0.3, -0.25) is 4.90 Å². The monoisotopic (exact) mass is 433 g/mol. The Hall–Kier alpha value is -2.82. The molecule has 1 aromatic carbocycles. The van der Waals surface area contributed by atoms with E-state index >= 15 is 0 Å². The van der Waals surface area contributed by atoms with Gasteiger partial charge in [0.05, 0.1) is 26.1 Å². The summed E-state index contributed by atoms with van der Waals surface area (Å²) in [5.41, 5.74) is -0.137. The Morgan fingerprint density at radius 2 is 1.90 bits per heavy atom. The normalized spacial score (nSPS) is 11.4. The third-order valence-electron chi connectivity index (χ3n) is 3.93. The number of carbonyl (C=O) groups is 1. The van der Waals surface area contributed by atoms with Crippen molar-refractivity contribution in [3.8, 4) is 11.5 Å². The van der Waals surface area contributed by atoms with Crippen LogP contribution in [0.25, 0.3) is 0 Å². The predicted molar refractivity (Wildman–Crippen MR) is 98.9 cm³/mol. The van der Waals surface area contributed by atoms with Crippen molar-refractivity contribution in [1.29, 1.82) is 0 Å². The summed E-state index contributed by atoms with van der Waals surface area (Å²) in [4.78, 5) is 13.5. The molecule has 0 aliphatic heterocycles. The van der Waals surface area contributed by atoms with Crippen molar-refractivity contribution in [1.82, 2.24) is 14.7 Å². The first-order chi connectivity index (χ1) is 14.3. The quantitative estimate of drug-likeness (QED) is 0.393. The summed E-state index contributed by atoms with van der Waals surface area (Å²) < 4.78 is 67.6. The maximum atomic E-state index is 13.5. The molecule has 30 heavy (non-hydrogen) atoms. The van der Waals surface area contributed by atoms with Crippen LogP contribution >= 0.6 is 0 Å². The summed E-state index contributed by atoms with van der Waals surface area (Å²) in [6, 6.07) is 4.47. The Morgan fingerprint density at radius 1 is 1.17 bits per heavy atom. The number of alkyl halides is 4. The fourth-order valence-corrected chi connectivity index (χ4v) is 2.81. The van der Waals surface area contributed by atoms with Gasteiger partial charge in [-0.1, -0.05) is 6.07 Å². The molecule has 0 atom stereocenters. The van der Waals surface area contributed by atoms with E-state index in [1.54, 1.807) is 37.9 Å². The molecule has 0 saturated carbocycles. The number of hydrogen-bond acceptors (Lipinski definition) is 6. The number of halogens is 4. The minimum Gasteiger partial charge on any atom is -0.490 e. The molecule has 7 nitrogen and oxygen atoms in total. The van der Waals surface area contributed by atoms with Gasteiger partial charge < -0.3 is 14.2 Å². The first-order valence-electron chi connectivity index (χ1n) is 9.16. The predicted octanol–water partition coefficient (Wildman–Crippen LogP) is 4.09. The lowest BCUT2D eigenvalue weighted by atomic mass is 10.2. The Bertz CT molecular complexity index is 845. The van der Waals surface area contributed by atoms with Crippen LogP contribution in [0.4, 0.5) is 17.6 Å². The molecule has 0 bridgehead atoms. The van der Waals surface area contributed by atoms with Crippen molar-refractivity contribution in [2.75, 3.05) is 20.3 Å². The first kappa shape index (κ1) is 23.5. The van der Waals surface area contributed by atoms with Crippen molar-refractivity contribution in [3.05, 3.63) is 41.2 Å². The molecule has 2 rings (SSSR count). The van der Waals surface area contributed by atoms with Crippen LogP contribution in [0, 0.1) is 0 Å². The van der Waals surface area contributed by atoms with Gasteiger partial charge in [0.15, 0.2) is 11.5 Å². The molecule has 0 unspecified atom stereocenters. The topological polar surface area (TPSA) is 65.8 Å². The number of carbonyl (C=O) groups excluding carboxylic acids is 1. The van der Waals surface area contributed by atoms with Crippen LogP contribution in [0.2, 0.25) is 0 Å². The van der Waals surface area contributed by atoms with Crippen molar-refractivity contribution >= 4 is 5.97 Å². The smallest absolute Gasteiger partial charge is 0.387 e. The zero-order valence-electron chi connectivity index (χ0n) is 16.8. The van der Waals surface area contributed by atoms with E-state index in [9.17, 15) is 22.4 Å². The lowest BCUT2D eigenvalue weighted by Gasteiger charge is -2.19. The first-order valence-corrected chi connectivity index (χ1v) is 9.16. The minimum atomic E-state index is -2.99. The summed E-state index contributed by atoms with van der Waals surface area (Å²) in [5, 5.41) is 3.88. The van der Waals surface area contributed by atoms with Gasteiger partial charge in [0.25, 0.3) is 6.43 Å². The molecule has 0 saturated heterocycles. The molecular weight excluding hydrogens is 410 g/mol. The van der Waals surface area contributed by atoms with Gasteiger partial charge in [-0.25, -0.2) is 18.3 Å². The molecule has 1 heterocycles. The van der Waals surface area contributed by atoms with Crippen LogP contribution in [-0.2, 0) is 18.0 Å². The molecule has 0 amide bonds. The van der Waals surface area contributed by atoms with Crippen LogP contribution in [0.5, 0.6) is 11.5 Å². The maximum absolute atomic E-state index is 13.5. The number of hydrogen-bond donors (Lipinski definition) is 0. The number of nitrogens with zero attached hydrogens (tertiary/aromatic N) is 3. The molecular formula is C19H23F4N3O4. The second-order valence-electron chi connectivity index (χ2n) is 6.21. The molecule has 11 heteroatoms. The molecule has 2 aromatic rings. The number of ether oxygens (including phenoxy) is 3. The molecule has 0 spiro atoms.